The Morgan fingerprint density at radius 3 is 2.31 bits per heavy atom. The largest absolute Gasteiger partial charge is 0.465 e. The topological polar surface area (TPSA) is 79.6 Å². The molecule has 29 heavy (non-hydrogen) atoms. The van der Waals surface area contributed by atoms with E-state index in [-0.39, 0.29) is 18.9 Å². The summed E-state index contributed by atoms with van der Waals surface area (Å²) in [6, 6.07) is 16.3. The molecule has 7 nitrogen and oxygen atoms in total. The summed E-state index contributed by atoms with van der Waals surface area (Å²) in [5, 5.41) is 0. The number of esters is 2. The van der Waals surface area contributed by atoms with Crippen molar-refractivity contribution in [2.24, 2.45) is 0 Å². The summed E-state index contributed by atoms with van der Waals surface area (Å²) in [7, 11) is 1.34. The molecule has 0 aliphatic heterocycles. The van der Waals surface area contributed by atoms with Crippen LogP contribution in [0.3, 0.4) is 0 Å². The normalized spacial score (nSPS) is 10.4. The molecular weight excluding hydrogens is 372 g/mol. The predicted octanol–water partition coefficient (Wildman–Crippen LogP) is 3.45. The van der Waals surface area contributed by atoms with Crippen LogP contribution in [-0.4, -0.2) is 35.4 Å². The molecule has 2 aromatic carbocycles. The Morgan fingerprint density at radius 2 is 1.69 bits per heavy atom. The summed E-state index contributed by atoms with van der Waals surface area (Å²) in [6.45, 7) is 3.90. The van der Waals surface area contributed by atoms with Crippen molar-refractivity contribution < 1.29 is 23.9 Å². The number of carbonyl (C=O) groups is 2. The van der Waals surface area contributed by atoms with Gasteiger partial charge in [0.1, 0.15) is 6.61 Å². The standard InChI is InChI=1S/C22H22N2O5/c1-4-28-22(26)19-15(2)23-20(17-8-6-5-7-9-17)24(19)29-14-16-10-12-18(13-11-16)21(25)27-3/h5-13H,4,14H2,1-3H3. The van der Waals surface area contributed by atoms with Gasteiger partial charge in [0.2, 0.25) is 0 Å². The third kappa shape index (κ3) is 4.45. The van der Waals surface area contributed by atoms with E-state index in [0.29, 0.717) is 17.1 Å². The van der Waals surface area contributed by atoms with Crippen molar-refractivity contribution >= 4 is 11.9 Å². The molecular formula is C22H22N2O5. The maximum Gasteiger partial charge on any atom is 0.360 e. The molecule has 0 spiro atoms. The lowest BCUT2D eigenvalue weighted by Crippen LogP contribution is -2.20. The van der Waals surface area contributed by atoms with E-state index in [0.717, 1.165) is 11.1 Å². The lowest BCUT2D eigenvalue weighted by molar-refractivity contribution is 0.0425. The molecule has 0 fully saturated rings. The number of carbonyl (C=O) groups excluding carboxylic acids is 2. The average molecular weight is 394 g/mol. The quantitative estimate of drug-likeness (QED) is 0.571. The van der Waals surface area contributed by atoms with Crippen molar-refractivity contribution in [3.8, 4) is 11.4 Å². The second-order valence-electron chi connectivity index (χ2n) is 6.21. The van der Waals surface area contributed by atoms with E-state index < -0.39 is 11.9 Å². The monoisotopic (exact) mass is 394 g/mol. The molecule has 0 aliphatic rings. The van der Waals surface area contributed by atoms with Crippen LogP contribution in [0.25, 0.3) is 11.4 Å². The molecule has 150 valence electrons. The fourth-order valence-electron chi connectivity index (χ4n) is 2.83. The molecule has 0 saturated carbocycles. The zero-order valence-electron chi connectivity index (χ0n) is 16.5. The van der Waals surface area contributed by atoms with E-state index in [1.54, 1.807) is 38.1 Å². The van der Waals surface area contributed by atoms with Gasteiger partial charge in [0.05, 0.1) is 25.0 Å². The number of hydrogen-bond donors (Lipinski definition) is 0. The summed E-state index contributed by atoms with van der Waals surface area (Å²) in [5.74, 6) is -0.392. The highest BCUT2D eigenvalue weighted by Crippen LogP contribution is 2.22. The molecule has 0 atom stereocenters. The van der Waals surface area contributed by atoms with Crippen LogP contribution in [0.4, 0.5) is 0 Å². The zero-order chi connectivity index (χ0) is 20.8. The van der Waals surface area contributed by atoms with E-state index in [2.05, 4.69) is 4.98 Å². The summed E-state index contributed by atoms with van der Waals surface area (Å²) < 4.78 is 11.3. The van der Waals surface area contributed by atoms with Gasteiger partial charge >= 0.3 is 11.9 Å². The maximum atomic E-state index is 12.5. The molecule has 7 heteroatoms. The van der Waals surface area contributed by atoms with E-state index in [9.17, 15) is 9.59 Å². The Hall–Kier alpha value is -3.61. The fourth-order valence-corrected chi connectivity index (χ4v) is 2.83. The van der Waals surface area contributed by atoms with E-state index in [1.807, 2.05) is 30.3 Å². The third-order valence-electron chi connectivity index (χ3n) is 4.25. The number of imidazole rings is 1. The molecule has 1 aromatic heterocycles. The lowest BCUT2D eigenvalue weighted by Gasteiger charge is -2.13. The number of aromatic nitrogens is 2. The Morgan fingerprint density at radius 1 is 1.00 bits per heavy atom. The minimum Gasteiger partial charge on any atom is -0.465 e. The summed E-state index contributed by atoms with van der Waals surface area (Å²) in [5.41, 5.74) is 2.84. The summed E-state index contributed by atoms with van der Waals surface area (Å²) >= 11 is 0. The molecule has 0 saturated heterocycles. The smallest absolute Gasteiger partial charge is 0.360 e. The van der Waals surface area contributed by atoms with Crippen molar-refractivity contribution in [1.82, 2.24) is 9.71 Å². The van der Waals surface area contributed by atoms with Crippen molar-refractivity contribution in [3.63, 3.8) is 0 Å². The van der Waals surface area contributed by atoms with Gasteiger partial charge in [0.15, 0.2) is 11.5 Å². The average Bonchev–Trinajstić information content (AvgIpc) is 3.09. The molecule has 0 amide bonds. The molecule has 3 aromatic rings. The van der Waals surface area contributed by atoms with Crippen molar-refractivity contribution in [2.75, 3.05) is 13.7 Å². The summed E-state index contributed by atoms with van der Waals surface area (Å²) in [4.78, 5) is 34.5. The second kappa shape index (κ2) is 9.05. The first-order valence-corrected chi connectivity index (χ1v) is 9.17. The van der Waals surface area contributed by atoms with E-state index in [4.69, 9.17) is 14.3 Å². The minimum absolute atomic E-state index is 0.170. The van der Waals surface area contributed by atoms with Gasteiger partial charge in [-0.15, -0.1) is 0 Å². The number of hydrogen-bond acceptors (Lipinski definition) is 6. The number of nitrogens with zero attached hydrogens (tertiary/aromatic N) is 2. The van der Waals surface area contributed by atoms with Crippen molar-refractivity contribution in [3.05, 3.63) is 77.1 Å². The Labute approximate surface area is 168 Å². The number of methoxy groups -OCH3 is 1. The fraction of sp³-hybridized carbons (Fsp3) is 0.227. The molecule has 0 unspecified atom stereocenters. The SMILES string of the molecule is CCOC(=O)c1c(C)nc(-c2ccccc2)n1OCc1ccc(C(=O)OC)cc1. The van der Waals surface area contributed by atoms with Gasteiger partial charge in [0.25, 0.3) is 0 Å². The Balaban J connectivity index is 1.92. The Bertz CT molecular complexity index is 994. The van der Waals surface area contributed by atoms with E-state index >= 15 is 0 Å². The number of rotatable bonds is 7. The van der Waals surface area contributed by atoms with Crippen molar-refractivity contribution in [2.45, 2.75) is 20.5 Å². The Kier molecular flexibility index (Phi) is 6.29. The lowest BCUT2D eigenvalue weighted by atomic mass is 10.1. The minimum atomic E-state index is -0.499. The third-order valence-corrected chi connectivity index (χ3v) is 4.25. The van der Waals surface area contributed by atoms with Gasteiger partial charge in [-0.1, -0.05) is 42.5 Å². The van der Waals surface area contributed by atoms with Crippen LogP contribution in [-0.2, 0) is 16.1 Å². The molecule has 0 bridgehead atoms. The molecule has 0 radical (unpaired) electrons. The molecule has 0 aliphatic carbocycles. The van der Waals surface area contributed by atoms with Crippen LogP contribution in [0.2, 0.25) is 0 Å². The first-order valence-electron chi connectivity index (χ1n) is 9.17. The van der Waals surface area contributed by atoms with Gasteiger partial charge < -0.3 is 14.3 Å². The highest BCUT2D eigenvalue weighted by Gasteiger charge is 2.24. The van der Waals surface area contributed by atoms with Crippen LogP contribution in [0, 0.1) is 6.92 Å². The van der Waals surface area contributed by atoms with Gasteiger partial charge in [-0.05, 0) is 31.5 Å². The maximum absolute atomic E-state index is 12.5. The van der Waals surface area contributed by atoms with Gasteiger partial charge in [0, 0.05) is 5.56 Å². The second-order valence-corrected chi connectivity index (χ2v) is 6.21. The van der Waals surface area contributed by atoms with E-state index in [1.165, 1.54) is 11.8 Å². The predicted molar refractivity (Wildman–Crippen MR) is 106 cm³/mol. The molecule has 1 heterocycles. The van der Waals surface area contributed by atoms with Crippen LogP contribution >= 0.6 is 0 Å². The van der Waals surface area contributed by atoms with Crippen LogP contribution < -0.4 is 4.84 Å². The molecule has 3 rings (SSSR count). The highest BCUT2D eigenvalue weighted by molar-refractivity contribution is 5.90. The zero-order valence-corrected chi connectivity index (χ0v) is 16.5. The number of benzene rings is 2. The number of ether oxygens (including phenoxy) is 2. The van der Waals surface area contributed by atoms with Gasteiger partial charge in [-0.25, -0.2) is 14.6 Å². The number of aryl methyl sites for hydroxylation is 1. The summed E-state index contributed by atoms with van der Waals surface area (Å²) in [6.07, 6.45) is 0. The van der Waals surface area contributed by atoms with Crippen LogP contribution in [0.5, 0.6) is 0 Å². The van der Waals surface area contributed by atoms with Gasteiger partial charge in [-0.2, -0.15) is 4.73 Å². The van der Waals surface area contributed by atoms with Gasteiger partial charge in [-0.3, -0.25) is 0 Å². The first-order chi connectivity index (χ1) is 14.0. The molecule has 0 N–H and O–H groups in total. The van der Waals surface area contributed by atoms with Crippen LogP contribution in [0.1, 0.15) is 39.0 Å². The van der Waals surface area contributed by atoms with Crippen molar-refractivity contribution in [1.29, 1.82) is 0 Å². The highest BCUT2D eigenvalue weighted by atomic mass is 16.7. The first kappa shape index (κ1) is 20.1. The van der Waals surface area contributed by atoms with Crippen LogP contribution in [0.15, 0.2) is 54.6 Å².